The molecule has 2 aromatic heterocycles. The minimum atomic E-state index is -0.138. The van der Waals surface area contributed by atoms with Crippen LogP contribution in [0, 0.1) is 12.3 Å². The fraction of sp³-hybridized carbons (Fsp3) is 0.400. The molecular weight excluding hydrogens is 396 g/mol. The summed E-state index contributed by atoms with van der Waals surface area (Å²) in [5, 5.41) is 3.06. The van der Waals surface area contributed by atoms with Crippen molar-refractivity contribution in [2.45, 2.75) is 44.6 Å². The second-order valence-corrected chi connectivity index (χ2v) is 8.75. The minimum Gasteiger partial charge on any atom is -0.458 e. The van der Waals surface area contributed by atoms with Gasteiger partial charge < -0.3 is 14.2 Å². The second kappa shape index (κ2) is 5.71. The largest absolute Gasteiger partial charge is 0.458 e. The molecule has 1 N–H and O–H groups in total. The molecule has 26 heavy (non-hydrogen) atoms. The van der Waals surface area contributed by atoms with Gasteiger partial charge in [0.25, 0.3) is 5.91 Å². The number of furan rings is 1. The van der Waals surface area contributed by atoms with Gasteiger partial charge in [-0.3, -0.25) is 4.79 Å². The van der Waals surface area contributed by atoms with E-state index in [1.807, 2.05) is 6.07 Å². The number of benzene rings is 1. The summed E-state index contributed by atoms with van der Waals surface area (Å²) in [6.07, 6.45) is 5.76. The van der Waals surface area contributed by atoms with E-state index in [4.69, 9.17) is 8.83 Å². The molecule has 134 valence electrons. The highest BCUT2D eigenvalue weighted by atomic mass is 79.9. The summed E-state index contributed by atoms with van der Waals surface area (Å²) in [5.41, 5.74) is 3.37. The molecule has 3 aromatic rings. The van der Waals surface area contributed by atoms with Crippen molar-refractivity contribution in [2.24, 2.45) is 5.41 Å². The number of aryl methyl sites for hydroxylation is 1. The normalized spacial score (nSPS) is 27.3. The maximum Gasteiger partial charge on any atom is 0.287 e. The third-order valence-electron chi connectivity index (χ3n) is 5.75. The van der Waals surface area contributed by atoms with E-state index >= 15 is 0 Å². The molecule has 1 aromatic carbocycles. The molecule has 2 heterocycles. The predicted octanol–water partition coefficient (Wildman–Crippen LogP) is 4.95. The van der Waals surface area contributed by atoms with Gasteiger partial charge in [-0.1, -0.05) is 6.07 Å². The Morgan fingerprint density at radius 1 is 1.27 bits per heavy atom. The van der Waals surface area contributed by atoms with Gasteiger partial charge in [0, 0.05) is 18.0 Å². The fourth-order valence-electron chi connectivity index (χ4n) is 4.50. The lowest BCUT2D eigenvalue weighted by Gasteiger charge is -2.57. The fourth-order valence-corrected chi connectivity index (χ4v) is 4.80. The van der Waals surface area contributed by atoms with Gasteiger partial charge in [0.15, 0.2) is 17.2 Å². The van der Waals surface area contributed by atoms with Crippen molar-refractivity contribution in [1.82, 2.24) is 10.3 Å². The molecular formula is C20H19BrN2O3. The van der Waals surface area contributed by atoms with Crippen LogP contribution in [-0.2, 0) is 0 Å². The van der Waals surface area contributed by atoms with Crippen LogP contribution < -0.4 is 5.32 Å². The number of hydrogen-bond donors (Lipinski definition) is 1. The maximum absolute atomic E-state index is 12.1. The molecule has 2 aliphatic carbocycles. The Balaban J connectivity index is 1.18. The molecule has 0 aliphatic heterocycles. The van der Waals surface area contributed by atoms with Crippen LogP contribution in [0.25, 0.3) is 11.1 Å². The zero-order valence-electron chi connectivity index (χ0n) is 14.4. The number of hydrogen-bond acceptors (Lipinski definition) is 4. The lowest BCUT2D eigenvalue weighted by molar-refractivity contribution is -0.0256. The minimum absolute atomic E-state index is 0.138. The zero-order chi connectivity index (χ0) is 17.9. The van der Waals surface area contributed by atoms with Gasteiger partial charge in [-0.2, -0.15) is 0 Å². The third-order valence-corrected chi connectivity index (χ3v) is 6.17. The van der Waals surface area contributed by atoms with Gasteiger partial charge in [0.1, 0.15) is 11.8 Å². The van der Waals surface area contributed by atoms with Crippen molar-refractivity contribution in [3.63, 3.8) is 0 Å². The first-order valence-electron chi connectivity index (χ1n) is 8.92. The number of oxazole rings is 1. The van der Waals surface area contributed by atoms with Gasteiger partial charge in [0.05, 0.1) is 4.47 Å². The number of nitrogens with one attached hydrogen (secondary N) is 1. The van der Waals surface area contributed by atoms with Crippen LogP contribution >= 0.6 is 15.9 Å². The average Bonchev–Trinajstić information content (AvgIpc) is 3.13. The van der Waals surface area contributed by atoms with Gasteiger partial charge in [-0.05, 0) is 71.6 Å². The molecule has 0 radical (unpaired) electrons. The standard InChI is InChI=1S/C20H19BrN2O3/c1-11-2-3-16-15(4-11)23-19(26-16)12-6-20(7-12)8-14(9-20)22-18(24)17-5-13(21)10-25-17/h2-5,10,12,14H,6-9H2,1H3,(H,22,24). The van der Waals surface area contributed by atoms with E-state index < -0.39 is 0 Å². The van der Waals surface area contributed by atoms with Gasteiger partial charge in [0.2, 0.25) is 0 Å². The third kappa shape index (κ3) is 2.67. The molecule has 0 unspecified atom stereocenters. The monoisotopic (exact) mass is 414 g/mol. The van der Waals surface area contributed by atoms with E-state index in [0.29, 0.717) is 17.1 Å². The van der Waals surface area contributed by atoms with Crippen molar-refractivity contribution < 1.29 is 13.6 Å². The summed E-state index contributed by atoms with van der Waals surface area (Å²) in [4.78, 5) is 16.8. The second-order valence-electron chi connectivity index (χ2n) is 7.84. The summed E-state index contributed by atoms with van der Waals surface area (Å²) >= 11 is 3.29. The highest BCUT2D eigenvalue weighted by Crippen LogP contribution is 2.61. The number of amides is 1. The summed E-state index contributed by atoms with van der Waals surface area (Å²) in [5.74, 6) is 1.48. The van der Waals surface area contributed by atoms with Crippen LogP contribution in [-0.4, -0.2) is 16.9 Å². The van der Waals surface area contributed by atoms with E-state index in [-0.39, 0.29) is 11.9 Å². The first kappa shape index (κ1) is 16.1. The first-order valence-corrected chi connectivity index (χ1v) is 9.71. The lowest BCUT2D eigenvalue weighted by Crippen LogP contribution is -2.55. The van der Waals surface area contributed by atoms with Gasteiger partial charge >= 0.3 is 0 Å². The SMILES string of the molecule is Cc1ccc2oc(C3CC4(CC(NC(=O)c5cc(Br)co5)C4)C3)nc2c1. The van der Waals surface area contributed by atoms with E-state index in [9.17, 15) is 4.79 Å². The number of rotatable bonds is 3. The Hall–Kier alpha value is -2.08. The number of carbonyl (C=O) groups is 1. The molecule has 0 atom stereocenters. The molecule has 2 aliphatic rings. The molecule has 0 saturated heterocycles. The Morgan fingerprint density at radius 2 is 2.08 bits per heavy atom. The molecule has 1 amide bonds. The number of halogens is 1. The molecule has 2 saturated carbocycles. The smallest absolute Gasteiger partial charge is 0.287 e. The van der Waals surface area contributed by atoms with Crippen LogP contribution in [0.2, 0.25) is 0 Å². The number of aromatic nitrogens is 1. The van der Waals surface area contributed by atoms with E-state index in [0.717, 1.165) is 47.1 Å². The number of nitrogens with zero attached hydrogens (tertiary/aromatic N) is 1. The topological polar surface area (TPSA) is 68.3 Å². The summed E-state index contributed by atoms with van der Waals surface area (Å²) in [7, 11) is 0. The van der Waals surface area contributed by atoms with Crippen molar-refractivity contribution in [2.75, 3.05) is 0 Å². The van der Waals surface area contributed by atoms with E-state index in [1.54, 1.807) is 6.07 Å². The maximum atomic E-state index is 12.1. The van der Waals surface area contributed by atoms with Gasteiger partial charge in [-0.25, -0.2) is 4.98 Å². The van der Waals surface area contributed by atoms with Crippen LogP contribution in [0.4, 0.5) is 0 Å². The lowest BCUT2D eigenvalue weighted by atomic mass is 9.50. The van der Waals surface area contributed by atoms with Gasteiger partial charge in [-0.15, -0.1) is 0 Å². The average molecular weight is 415 g/mol. The Bertz CT molecular complexity index is 992. The first-order chi connectivity index (χ1) is 12.5. The van der Waals surface area contributed by atoms with Crippen molar-refractivity contribution >= 4 is 32.9 Å². The number of carbonyl (C=O) groups excluding carboxylic acids is 1. The highest BCUT2D eigenvalue weighted by Gasteiger charge is 2.54. The molecule has 0 bridgehead atoms. The quantitative estimate of drug-likeness (QED) is 0.658. The van der Waals surface area contributed by atoms with Crippen LogP contribution in [0.1, 0.15) is 53.6 Å². The zero-order valence-corrected chi connectivity index (χ0v) is 16.0. The molecule has 2 fully saturated rings. The highest BCUT2D eigenvalue weighted by molar-refractivity contribution is 9.10. The van der Waals surface area contributed by atoms with Crippen LogP contribution in [0.5, 0.6) is 0 Å². The summed E-state index contributed by atoms with van der Waals surface area (Å²) < 4.78 is 11.9. The Morgan fingerprint density at radius 3 is 2.81 bits per heavy atom. The Labute approximate surface area is 159 Å². The predicted molar refractivity (Wildman–Crippen MR) is 100 cm³/mol. The van der Waals surface area contributed by atoms with Crippen LogP contribution in [0.15, 0.2) is 43.8 Å². The summed E-state index contributed by atoms with van der Waals surface area (Å²) in [6.45, 7) is 2.07. The van der Waals surface area contributed by atoms with E-state index in [2.05, 4.69) is 45.3 Å². The molecule has 1 spiro atoms. The number of fused-ring (bicyclic) bond motifs is 1. The van der Waals surface area contributed by atoms with Crippen molar-refractivity contribution in [1.29, 1.82) is 0 Å². The van der Waals surface area contributed by atoms with E-state index in [1.165, 1.54) is 11.8 Å². The molecule has 6 heteroatoms. The van der Waals surface area contributed by atoms with Crippen molar-refractivity contribution in [3.05, 3.63) is 52.2 Å². The molecule has 5 nitrogen and oxygen atoms in total. The van der Waals surface area contributed by atoms with Crippen molar-refractivity contribution in [3.8, 4) is 0 Å². The van der Waals surface area contributed by atoms with Crippen LogP contribution in [0.3, 0.4) is 0 Å². The summed E-state index contributed by atoms with van der Waals surface area (Å²) in [6, 6.07) is 8.04. The Kier molecular flexibility index (Phi) is 3.54. The molecule has 5 rings (SSSR count).